The number of aldehydes is 1. The van der Waals surface area contributed by atoms with Crippen molar-refractivity contribution in [1.29, 1.82) is 0 Å². The van der Waals surface area contributed by atoms with Crippen LogP contribution in [0.4, 0.5) is 4.39 Å². The predicted octanol–water partition coefficient (Wildman–Crippen LogP) is 4.83. The van der Waals surface area contributed by atoms with E-state index in [9.17, 15) is 9.18 Å². The molecule has 0 fully saturated rings. The number of fused-ring (bicyclic) bond motifs is 1. The van der Waals surface area contributed by atoms with Gasteiger partial charge in [0.25, 0.3) is 0 Å². The Balaban J connectivity index is 2.07. The van der Waals surface area contributed by atoms with Gasteiger partial charge in [0.05, 0.1) is 10.7 Å². The molecule has 2 atom stereocenters. The highest BCUT2D eigenvalue weighted by molar-refractivity contribution is 9.09. The van der Waals surface area contributed by atoms with Crippen molar-refractivity contribution < 1.29 is 13.9 Å². The van der Waals surface area contributed by atoms with Gasteiger partial charge in [-0.25, -0.2) is 4.39 Å². The van der Waals surface area contributed by atoms with Crippen molar-refractivity contribution in [3.05, 3.63) is 65.7 Å². The average Bonchev–Trinajstić information content (AvgIpc) is 2.53. The maximum atomic E-state index is 13.9. The number of alkyl halides is 1. The van der Waals surface area contributed by atoms with E-state index in [1.807, 2.05) is 13.0 Å². The van der Waals surface area contributed by atoms with Gasteiger partial charge in [-0.3, -0.25) is 0 Å². The maximum absolute atomic E-state index is 13.9. The Morgan fingerprint density at radius 2 is 2.05 bits per heavy atom. The molecule has 0 saturated heterocycles. The highest BCUT2D eigenvalue weighted by Gasteiger charge is 2.24. The molecule has 1 heterocycles. The number of hydrogen-bond donors (Lipinski definition) is 0. The lowest BCUT2D eigenvalue weighted by Gasteiger charge is -2.24. The lowest BCUT2D eigenvalue weighted by atomic mass is 9.92. The first-order valence-electron chi connectivity index (χ1n) is 6.98. The van der Waals surface area contributed by atoms with Gasteiger partial charge < -0.3 is 9.53 Å². The molecule has 4 heteroatoms. The van der Waals surface area contributed by atoms with Gasteiger partial charge in [-0.15, -0.1) is 0 Å². The Labute approximate surface area is 136 Å². The fourth-order valence-corrected chi connectivity index (χ4v) is 2.76. The Hall–Kier alpha value is -1.94. The van der Waals surface area contributed by atoms with E-state index >= 15 is 0 Å². The monoisotopic (exact) mass is 360 g/mol. The lowest BCUT2D eigenvalue weighted by Crippen LogP contribution is -2.15. The molecule has 0 bridgehead atoms. The van der Waals surface area contributed by atoms with E-state index in [2.05, 4.69) is 15.9 Å². The Morgan fingerprint density at radius 3 is 2.73 bits per heavy atom. The number of hydrogen-bond acceptors (Lipinski definition) is 2. The third kappa shape index (κ3) is 2.71. The van der Waals surface area contributed by atoms with Gasteiger partial charge in [0.1, 0.15) is 23.6 Å². The van der Waals surface area contributed by atoms with Crippen LogP contribution in [0, 0.1) is 5.82 Å². The van der Waals surface area contributed by atoms with Crippen molar-refractivity contribution in [2.75, 3.05) is 0 Å². The molecule has 2 unspecified atom stereocenters. The highest BCUT2D eigenvalue weighted by atomic mass is 79.9. The predicted molar refractivity (Wildman–Crippen MR) is 87.7 cm³/mol. The zero-order valence-electron chi connectivity index (χ0n) is 11.9. The molecular formula is C18H14BrFO2. The third-order valence-corrected chi connectivity index (χ3v) is 4.12. The maximum Gasteiger partial charge on any atom is 0.131 e. The molecule has 0 radical (unpaired) electrons. The van der Waals surface area contributed by atoms with Crippen LogP contribution in [-0.2, 0) is 4.79 Å². The normalized spacial score (nSPS) is 18.0. The van der Waals surface area contributed by atoms with E-state index in [0.29, 0.717) is 17.1 Å². The number of benzene rings is 2. The molecule has 2 nitrogen and oxygen atoms in total. The van der Waals surface area contributed by atoms with E-state index in [1.165, 1.54) is 6.07 Å². The van der Waals surface area contributed by atoms with Crippen LogP contribution < -0.4 is 4.74 Å². The zero-order valence-corrected chi connectivity index (χ0v) is 13.5. The summed E-state index contributed by atoms with van der Waals surface area (Å²) in [6.07, 6.45) is 2.67. The summed E-state index contributed by atoms with van der Waals surface area (Å²) in [5.74, 6) is 0.682. The molecule has 2 aromatic carbocycles. The van der Waals surface area contributed by atoms with E-state index in [1.54, 1.807) is 36.4 Å². The first kappa shape index (κ1) is 15.0. The molecule has 1 aliphatic rings. The molecule has 0 aliphatic carbocycles. The molecular weight excluding hydrogens is 347 g/mol. The van der Waals surface area contributed by atoms with Crippen LogP contribution in [0.15, 0.2) is 54.3 Å². The number of ether oxygens (including phenoxy) is 1. The van der Waals surface area contributed by atoms with Gasteiger partial charge >= 0.3 is 0 Å². The number of carbonyl (C=O) groups is 1. The second-order valence-corrected chi connectivity index (χ2v) is 6.55. The molecule has 0 amide bonds. The SMILES string of the molecule is CC(Br)C1=CC(C=O)c2cc(-c3ccccc3F)ccc2O1. The van der Waals surface area contributed by atoms with Gasteiger partial charge in [-0.1, -0.05) is 40.2 Å². The summed E-state index contributed by atoms with van der Waals surface area (Å²) < 4.78 is 19.7. The summed E-state index contributed by atoms with van der Waals surface area (Å²) in [4.78, 5) is 11.4. The van der Waals surface area contributed by atoms with Crippen LogP contribution >= 0.6 is 15.9 Å². The van der Waals surface area contributed by atoms with Crippen LogP contribution in [0.1, 0.15) is 18.4 Å². The van der Waals surface area contributed by atoms with Gasteiger partial charge in [0.15, 0.2) is 0 Å². The quantitative estimate of drug-likeness (QED) is 0.578. The molecule has 1 aliphatic heterocycles. The molecule has 112 valence electrons. The second kappa shape index (κ2) is 6.05. The van der Waals surface area contributed by atoms with Crippen molar-refractivity contribution >= 4 is 22.2 Å². The number of halogens is 2. The first-order chi connectivity index (χ1) is 10.6. The number of rotatable bonds is 3. The standard InChI is InChI=1S/C18H14BrFO2/c1-11(19)18-9-13(10-21)15-8-12(6-7-17(15)22-18)14-4-2-3-5-16(14)20/h2-11,13H,1H3. The largest absolute Gasteiger partial charge is 0.461 e. The van der Waals surface area contributed by atoms with Crippen molar-refractivity contribution in [3.63, 3.8) is 0 Å². The second-order valence-electron chi connectivity index (χ2n) is 5.18. The van der Waals surface area contributed by atoms with E-state index in [0.717, 1.165) is 17.4 Å². The number of carbonyl (C=O) groups excluding carboxylic acids is 1. The van der Waals surface area contributed by atoms with Gasteiger partial charge in [-0.05, 0) is 36.8 Å². The first-order valence-corrected chi connectivity index (χ1v) is 7.89. The number of allylic oxidation sites excluding steroid dienone is 2. The minimum atomic E-state index is -0.384. The fourth-order valence-electron chi connectivity index (χ4n) is 2.52. The minimum Gasteiger partial charge on any atom is -0.461 e. The third-order valence-electron chi connectivity index (χ3n) is 3.66. The summed E-state index contributed by atoms with van der Waals surface area (Å²) in [6, 6.07) is 12.0. The molecule has 0 aromatic heterocycles. The van der Waals surface area contributed by atoms with Gasteiger partial charge in [-0.2, -0.15) is 0 Å². The topological polar surface area (TPSA) is 26.3 Å². The average molecular weight is 361 g/mol. The molecule has 22 heavy (non-hydrogen) atoms. The lowest BCUT2D eigenvalue weighted by molar-refractivity contribution is -0.108. The van der Waals surface area contributed by atoms with Crippen LogP contribution in [0.25, 0.3) is 11.1 Å². The summed E-state index contributed by atoms with van der Waals surface area (Å²) in [5.41, 5.74) is 2.00. The smallest absolute Gasteiger partial charge is 0.131 e. The molecule has 3 rings (SSSR count). The summed E-state index contributed by atoms with van der Waals surface area (Å²) in [7, 11) is 0. The Kier molecular flexibility index (Phi) is 4.12. The van der Waals surface area contributed by atoms with E-state index in [4.69, 9.17) is 4.74 Å². The fraction of sp³-hybridized carbons (Fsp3) is 0.167. The van der Waals surface area contributed by atoms with Gasteiger partial charge in [0.2, 0.25) is 0 Å². The van der Waals surface area contributed by atoms with Crippen molar-refractivity contribution in [3.8, 4) is 16.9 Å². The van der Waals surface area contributed by atoms with Crippen LogP contribution in [0.2, 0.25) is 0 Å². The molecule has 0 saturated carbocycles. The molecule has 2 aromatic rings. The van der Waals surface area contributed by atoms with Crippen LogP contribution in [0.5, 0.6) is 5.75 Å². The van der Waals surface area contributed by atoms with Crippen LogP contribution in [0.3, 0.4) is 0 Å². The van der Waals surface area contributed by atoms with E-state index in [-0.39, 0.29) is 16.6 Å². The Bertz CT molecular complexity index is 753. The Morgan fingerprint density at radius 1 is 1.27 bits per heavy atom. The summed E-state index contributed by atoms with van der Waals surface area (Å²) in [5, 5.41) is 0. The zero-order chi connectivity index (χ0) is 15.7. The highest BCUT2D eigenvalue weighted by Crippen LogP contribution is 2.38. The summed E-state index contributed by atoms with van der Waals surface area (Å²) >= 11 is 3.45. The van der Waals surface area contributed by atoms with Gasteiger partial charge in [0, 0.05) is 11.1 Å². The van der Waals surface area contributed by atoms with Crippen molar-refractivity contribution in [2.45, 2.75) is 17.7 Å². The van der Waals surface area contributed by atoms with E-state index < -0.39 is 0 Å². The van der Waals surface area contributed by atoms with Crippen molar-refractivity contribution in [1.82, 2.24) is 0 Å². The summed E-state index contributed by atoms with van der Waals surface area (Å²) in [6.45, 7) is 1.94. The molecule has 0 N–H and O–H groups in total. The van der Waals surface area contributed by atoms with Crippen LogP contribution in [-0.4, -0.2) is 11.1 Å². The minimum absolute atomic E-state index is 0.0225. The molecule has 0 spiro atoms. The van der Waals surface area contributed by atoms with Crippen molar-refractivity contribution in [2.24, 2.45) is 0 Å².